The Kier molecular flexibility index (Phi) is 7.12. The van der Waals surface area contributed by atoms with Gasteiger partial charge in [-0.3, -0.25) is 9.52 Å². The molecule has 1 fully saturated rings. The lowest BCUT2D eigenvalue weighted by atomic mass is 10.1. The van der Waals surface area contributed by atoms with Crippen LogP contribution in [-0.4, -0.2) is 39.2 Å². The molecule has 0 bridgehead atoms. The van der Waals surface area contributed by atoms with Crippen LogP contribution in [0, 0.1) is 0 Å². The molecule has 1 heterocycles. The summed E-state index contributed by atoms with van der Waals surface area (Å²) >= 11 is 0. The van der Waals surface area contributed by atoms with Gasteiger partial charge in [0.15, 0.2) is 0 Å². The number of benzene rings is 1. The summed E-state index contributed by atoms with van der Waals surface area (Å²) in [6.45, 7) is 3.48. The predicted octanol–water partition coefficient (Wildman–Crippen LogP) is 1.35. The number of anilines is 1. The third-order valence-corrected chi connectivity index (χ3v) is 4.76. The zero-order chi connectivity index (χ0) is 15.3. The van der Waals surface area contributed by atoms with Crippen LogP contribution in [0.25, 0.3) is 0 Å². The zero-order valence-corrected chi connectivity index (χ0v) is 14.1. The van der Waals surface area contributed by atoms with Gasteiger partial charge in [0.2, 0.25) is 10.0 Å². The fourth-order valence-corrected chi connectivity index (χ4v) is 3.40. The van der Waals surface area contributed by atoms with E-state index in [9.17, 15) is 13.2 Å². The van der Waals surface area contributed by atoms with E-state index in [-0.39, 0.29) is 30.1 Å². The van der Waals surface area contributed by atoms with Crippen molar-refractivity contribution < 1.29 is 13.2 Å². The molecule has 8 heteroatoms. The van der Waals surface area contributed by atoms with Crippen molar-refractivity contribution in [3.05, 3.63) is 29.8 Å². The first-order valence-electron chi connectivity index (χ1n) is 7.12. The summed E-state index contributed by atoms with van der Waals surface area (Å²) in [6.07, 6.45) is 1.46. The monoisotopic (exact) mass is 347 g/mol. The lowest BCUT2D eigenvalue weighted by Gasteiger charge is -2.12. The van der Waals surface area contributed by atoms with Crippen LogP contribution in [0.15, 0.2) is 24.3 Å². The Balaban J connectivity index is 0.00000242. The molecule has 0 saturated carbocycles. The van der Waals surface area contributed by atoms with Gasteiger partial charge in [-0.15, -0.1) is 12.4 Å². The van der Waals surface area contributed by atoms with E-state index in [1.54, 1.807) is 31.2 Å². The van der Waals surface area contributed by atoms with Crippen LogP contribution >= 0.6 is 12.4 Å². The summed E-state index contributed by atoms with van der Waals surface area (Å²) in [4.78, 5) is 12.1. The largest absolute Gasteiger partial charge is 0.348 e. The summed E-state index contributed by atoms with van der Waals surface area (Å²) < 4.78 is 26.0. The number of hydrogen-bond donors (Lipinski definition) is 3. The highest BCUT2D eigenvalue weighted by molar-refractivity contribution is 7.92. The highest BCUT2D eigenvalue weighted by atomic mass is 35.5. The maximum Gasteiger partial charge on any atom is 0.251 e. The van der Waals surface area contributed by atoms with Crippen molar-refractivity contribution in [2.45, 2.75) is 25.8 Å². The smallest absolute Gasteiger partial charge is 0.251 e. The van der Waals surface area contributed by atoms with E-state index in [0.717, 1.165) is 19.5 Å². The van der Waals surface area contributed by atoms with Gasteiger partial charge in [-0.05, 0) is 37.6 Å². The quantitative estimate of drug-likeness (QED) is 0.725. The Morgan fingerprint density at radius 1 is 1.41 bits per heavy atom. The molecule has 0 aromatic heterocycles. The van der Waals surface area contributed by atoms with Crippen molar-refractivity contribution in [1.29, 1.82) is 0 Å². The predicted molar refractivity (Wildman–Crippen MR) is 90.1 cm³/mol. The van der Waals surface area contributed by atoms with Gasteiger partial charge in [0.1, 0.15) is 0 Å². The Bertz CT molecular complexity index is 601. The van der Waals surface area contributed by atoms with Crippen LogP contribution < -0.4 is 15.4 Å². The minimum atomic E-state index is -3.34. The van der Waals surface area contributed by atoms with E-state index in [1.807, 2.05) is 0 Å². The van der Waals surface area contributed by atoms with E-state index >= 15 is 0 Å². The van der Waals surface area contributed by atoms with Gasteiger partial charge in [0.25, 0.3) is 5.91 Å². The average Bonchev–Trinajstić information content (AvgIpc) is 2.91. The van der Waals surface area contributed by atoms with E-state index in [4.69, 9.17) is 0 Å². The molecule has 3 N–H and O–H groups in total. The molecule has 1 atom stereocenters. The highest BCUT2D eigenvalue weighted by Gasteiger charge is 2.18. The molecule has 1 aliphatic heterocycles. The number of hydrogen-bond acceptors (Lipinski definition) is 4. The summed E-state index contributed by atoms with van der Waals surface area (Å²) in [5.74, 6) is -0.114. The molecule has 1 amide bonds. The third kappa shape index (κ3) is 5.47. The Morgan fingerprint density at radius 2 is 2.18 bits per heavy atom. The van der Waals surface area contributed by atoms with Crippen molar-refractivity contribution in [2.24, 2.45) is 0 Å². The standard InChI is InChI=1S/C14H21N3O3S.ClH/c1-2-8-21(19,20)17-12-5-3-4-11(9-12)14(18)16-13-6-7-15-10-13;/h3-5,9,13,15,17H,2,6-8,10H2,1H3,(H,16,18);1H. The molecule has 0 aliphatic carbocycles. The molecule has 1 unspecified atom stereocenters. The van der Waals surface area contributed by atoms with Gasteiger partial charge in [0.05, 0.1) is 5.75 Å². The number of carbonyl (C=O) groups is 1. The molecular weight excluding hydrogens is 326 g/mol. The molecule has 1 aliphatic rings. The second kappa shape index (κ2) is 8.36. The normalized spacial score (nSPS) is 17.6. The minimum absolute atomic E-state index is 0. The molecule has 1 aromatic carbocycles. The molecule has 0 radical (unpaired) electrons. The summed E-state index contributed by atoms with van der Waals surface area (Å²) in [5, 5.41) is 6.11. The van der Waals surface area contributed by atoms with Crippen LogP contribution in [0.5, 0.6) is 0 Å². The third-order valence-electron chi connectivity index (χ3n) is 3.27. The fourth-order valence-electron chi connectivity index (χ4n) is 2.27. The minimum Gasteiger partial charge on any atom is -0.348 e. The van der Waals surface area contributed by atoms with Crippen molar-refractivity contribution in [1.82, 2.24) is 10.6 Å². The number of nitrogens with one attached hydrogen (secondary N) is 3. The Labute approximate surface area is 137 Å². The van der Waals surface area contributed by atoms with Gasteiger partial charge >= 0.3 is 0 Å². The molecule has 1 saturated heterocycles. The number of halogens is 1. The van der Waals surface area contributed by atoms with Crippen LogP contribution in [0.3, 0.4) is 0 Å². The molecule has 22 heavy (non-hydrogen) atoms. The first-order valence-corrected chi connectivity index (χ1v) is 8.77. The summed E-state index contributed by atoms with van der Waals surface area (Å²) in [5.41, 5.74) is 0.874. The van der Waals surface area contributed by atoms with E-state index < -0.39 is 10.0 Å². The molecule has 0 spiro atoms. The Morgan fingerprint density at radius 3 is 2.82 bits per heavy atom. The van der Waals surface area contributed by atoms with Gasteiger partial charge < -0.3 is 10.6 Å². The molecular formula is C14H22ClN3O3S. The topological polar surface area (TPSA) is 87.3 Å². The van der Waals surface area contributed by atoms with E-state index in [2.05, 4.69) is 15.4 Å². The lowest BCUT2D eigenvalue weighted by molar-refractivity contribution is 0.0940. The first kappa shape index (κ1) is 18.7. The average molecular weight is 348 g/mol. The van der Waals surface area contributed by atoms with Gasteiger partial charge in [-0.1, -0.05) is 13.0 Å². The van der Waals surface area contributed by atoms with Crippen LogP contribution in [0.2, 0.25) is 0 Å². The first-order chi connectivity index (χ1) is 10.00. The van der Waals surface area contributed by atoms with Crippen LogP contribution in [0.4, 0.5) is 5.69 Å². The van der Waals surface area contributed by atoms with Crippen molar-refractivity contribution in [3.63, 3.8) is 0 Å². The number of carbonyl (C=O) groups excluding carboxylic acids is 1. The summed E-state index contributed by atoms with van der Waals surface area (Å²) in [7, 11) is -3.34. The van der Waals surface area contributed by atoms with Crippen LogP contribution in [0.1, 0.15) is 30.1 Å². The van der Waals surface area contributed by atoms with Crippen LogP contribution in [-0.2, 0) is 10.0 Å². The number of amides is 1. The van der Waals surface area contributed by atoms with Crippen molar-refractivity contribution in [2.75, 3.05) is 23.6 Å². The van der Waals surface area contributed by atoms with E-state index in [0.29, 0.717) is 17.7 Å². The Hall–Kier alpha value is -1.31. The molecule has 2 rings (SSSR count). The van der Waals surface area contributed by atoms with E-state index in [1.165, 1.54) is 0 Å². The number of sulfonamides is 1. The maximum absolute atomic E-state index is 12.1. The molecule has 124 valence electrons. The SMILES string of the molecule is CCCS(=O)(=O)Nc1cccc(C(=O)NC2CCNC2)c1.Cl. The lowest BCUT2D eigenvalue weighted by Crippen LogP contribution is -2.36. The zero-order valence-electron chi connectivity index (χ0n) is 12.5. The fraction of sp³-hybridized carbons (Fsp3) is 0.500. The maximum atomic E-state index is 12.1. The van der Waals surface area contributed by atoms with Crippen molar-refractivity contribution in [3.8, 4) is 0 Å². The number of rotatable bonds is 6. The van der Waals surface area contributed by atoms with Gasteiger partial charge in [-0.2, -0.15) is 0 Å². The van der Waals surface area contributed by atoms with Gasteiger partial charge in [-0.25, -0.2) is 8.42 Å². The summed E-state index contributed by atoms with van der Waals surface area (Å²) in [6, 6.07) is 6.69. The van der Waals surface area contributed by atoms with Gasteiger partial charge in [0, 0.05) is 23.8 Å². The highest BCUT2D eigenvalue weighted by Crippen LogP contribution is 2.13. The van der Waals surface area contributed by atoms with Crippen molar-refractivity contribution >= 4 is 34.0 Å². The molecule has 6 nitrogen and oxygen atoms in total. The second-order valence-corrected chi connectivity index (χ2v) is 7.01. The second-order valence-electron chi connectivity index (χ2n) is 5.16. The molecule has 1 aromatic rings.